The van der Waals surface area contributed by atoms with Gasteiger partial charge in [-0.05, 0) is 64.3 Å². The molecule has 0 bridgehead atoms. The van der Waals surface area contributed by atoms with Crippen LogP contribution in [0.5, 0.6) is 5.75 Å². The molecule has 4 heteroatoms. The lowest BCUT2D eigenvalue weighted by Crippen LogP contribution is -2.34. The van der Waals surface area contributed by atoms with Crippen LogP contribution >= 0.6 is 0 Å². The first-order valence-corrected chi connectivity index (χ1v) is 8.36. The Bertz CT molecular complexity index is 627. The molecule has 0 atom stereocenters. The summed E-state index contributed by atoms with van der Waals surface area (Å²) in [6, 6.07) is 4.07. The fourth-order valence-electron chi connectivity index (χ4n) is 3.15. The summed E-state index contributed by atoms with van der Waals surface area (Å²) >= 11 is 0. The third-order valence-corrected chi connectivity index (χ3v) is 4.77. The summed E-state index contributed by atoms with van der Waals surface area (Å²) in [7, 11) is 0. The maximum absolute atomic E-state index is 5.95. The third-order valence-electron chi connectivity index (χ3n) is 4.77. The summed E-state index contributed by atoms with van der Waals surface area (Å²) in [6.07, 6.45) is 3.74. The third kappa shape index (κ3) is 3.27. The summed E-state index contributed by atoms with van der Waals surface area (Å²) in [5, 5.41) is 5.10. The Morgan fingerprint density at radius 1 is 1.27 bits per heavy atom. The quantitative estimate of drug-likeness (QED) is 0.784. The van der Waals surface area contributed by atoms with Crippen molar-refractivity contribution >= 4 is 11.0 Å². The van der Waals surface area contributed by atoms with Crippen LogP contribution in [0.4, 0.5) is 0 Å². The predicted octanol–water partition coefficient (Wildman–Crippen LogP) is 3.95. The predicted molar refractivity (Wildman–Crippen MR) is 88.4 cm³/mol. The van der Waals surface area contributed by atoms with Gasteiger partial charge in [0.1, 0.15) is 5.75 Å². The second-order valence-electron chi connectivity index (χ2n) is 6.56. The molecule has 2 heterocycles. The van der Waals surface area contributed by atoms with Crippen LogP contribution < -0.4 is 4.74 Å². The van der Waals surface area contributed by atoms with Crippen molar-refractivity contribution in [2.24, 2.45) is 5.92 Å². The van der Waals surface area contributed by atoms with Crippen molar-refractivity contribution in [2.45, 2.75) is 40.0 Å². The molecule has 4 nitrogen and oxygen atoms in total. The van der Waals surface area contributed by atoms with Crippen LogP contribution in [-0.2, 0) is 0 Å². The Morgan fingerprint density at radius 3 is 2.82 bits per heavy atom. The van der Waals surface area contributed by atoms with Gasteiger partial charge in [-0.2, -0.15) is 0 Å². The summed E-state index contributed by atoms with van der Waals surface area (Å²) in [4.78, 5) is 2.55. The molecule has 0 N–H and O–H groups in total. The first-order chi connectivity index (χ1) is 10.6. The lowest BCUT2D eigenvalue weighted by Gasteiger charge is -2.30. The highest BCUT2D eigenvalue weighted by Crippen LogP contribution is 2.29. The zero-order valence-corrected chi connectivity index (χ0v) is 13.9. The topological polar surface area (TPSA) is 38.5 Å². The molecule has 0 saturated carbocycles. The minimum Gasteiger partial charge on any atom is -0.493 e. The number of piperidine rings is 1. The molecular weight excluding hydrogens is 276 g/mol. The molecule has 0 amide bonds. The summed E-state index contributed by atoms with van der Waals surface area (Å²) in [6.45, 7) is 10.7. The molecule has 1 fully saturated rings. The number of aryl methyl sites for hydroxylation is 2. The number of benzene rings is 1. The molecule has 1 aromatic heterocycles. The van der Waals surface area contributed by atoms with E-state index in [0.717, 1.165) is 53.5 Å². The lowest BCUT2D eigenvalue weighted by molar-refractivity contribution is 0.177. The van der Waals surface area contributed by atoms with Crippen LogP contribution in [0, 0.1) is 19.8 Å². The number of nitrogens with zero attached hydrogens (tertiary/aromatic N) is 2. The van der Waals surface area contributed by atoms with Gasteiger partial charge >= 0.3 is 0 Å². The van der Waals surface area contributed by atoms with E-state index < -0.39 is 0 Å². The first kappa shape index (κ1) is 15.3. The van der Waals surface area contributed by atoms with Crippen molar-refractivity contribution in [1.29, 1.82) is 0 Å². The van der Waals surface area contributed by atoms with Crippen molar-refractivity contribution in [2.75, 3.05) is 26.2 Å². The molecule has 1 saturated heterocycles. The number of likely N-dealkylation sites (tertiary alicyclic amines) is 1. The van der Waals surface area contributed by atoms with Gasteiger partial charge in [0.2, 0.25) is 0 Å². The van der Waals surface area contributed by atoms with E-state index in [4.69, 9.17) is 9.26 Å². The van der Waals surface area contributed by atoms with Gasteiger partial charge in [-0.25, -0.2) is 0 Å². The Labute approximate surface area is 132 Å². The number of hydrogen-bond donors (Lipinski definition) is 0. The van der Waals surface area contributed by atoms with Crippen LogP contribution in [0.1, 0.15) is 37.4 Å². The Balaban J connectivity index is 1.50. The zero-order valence-electron chi connectivity index (χ0n) is 13.9. The Morgan fingerprint density at radius 2 is 2.05 bits per heavy atom. The van der Waals surface area contributed by atoms with Crippen molar-refractivity contribution in [3.05, 3.63) is 23.4 Å². The van der Waals surface area contributed by atoms with E-state index in [9.17, 15) is 0 Å². The number of fused-ring (bicyclic) bond motifs is 1. The number of ether oxygens (including phenoxy) is 1. The minimum atomic E-state index is 0.755. The molecule has 1 aliphatic heterocycles. The highest BCUT2D eigenvalue weighted by atomic mass is 16.5. The van der Waals surface area contributed by atoms with Gasteiger partial charge in [0.15, 0.2) is 5.58 Å². The van der Waals surface area contributed by atoms with E-state index in [2.05, 4.69) is 17.0 Å². The first-order valence-electron chi connectivity index (χ1n) is 8.36. The maximum Gasteiger partial charge on any atom is 0.173 e. The highest BCUT2D eigenvalue weighted by molar-refractivity contribution is 5.84. The van der Waals surface area contributed by atoms with E-state index in [-0.39, 0.29) is 0 Å². The fraction of sp³-hybridized carbons (Fsp3) is 0.611. The molecule has 0 spiro atoms. The minimum absolute atomic E-state index is 0.755. The monoisotopic (exact) mass is 302 g/mol. The van der Waals surface area contributed by atoms with Gasteiger partial charge in [0, 0.05) is 17.5 Å². The SMILES string of the molecule is Cc1noc2c(C)c(OCCCN3CCC(C)CC3)ccc12. The molecule has 1 aromatic carbocycles. The van der Waals surface area contributed by atoms with E-state index in [1.165, 1.54) is 25.9 Å². The van der Waals surface area contributed by atoms with Crippen molar-refractivity contribution in [1.82, 2.24) is 10.1 Å². The molecule has 120 valence electrons. The molecule has 0 aliphatic carbocycles. The smallest absolute Gasteiger partial charge is 0.173 e. The van der Waals surface area contributed by atoms with E-state index >= 15 is 0 Å². The summed E-state index contributed by atoms with van der Waals surface area (Å²) in [5.74, 6) is 1.81. The van der Waals surface area contributed by atoms with Gasteiger partial charge < -0.3 is 14.2 Å². The average molecular weight is 302 g/mol. The zero-order chi connectivity index (χ0) is 15.5. The largest absolute Gasteiger partial charge is 0.493 e. The van der Waals surface area contributed by atoms with Gasteiger partial charge in [0.25, 0.3) is 0 Å². The number of aromatic nitrogens is 1. The Kier molecular flexibility index (Phi) is 4.67. The fourth-order valence-corrected chi connectivity index (χ4v) is 3.15. The van der Waals surface area contributed by atoms with Gasteiger partial charge in [0.05, 0.1) is 12.3 Å². The molecule has 3 rings (SSSR count). The van der Waals surface area contributed by atoms with Crippen molar-refractivity contribution < 1.29 is 9.26 Å². The van der Waals surface area contributed by atoms with Crippen LogP contribution in [-0.4, -0.2) is 36.3 Å². The maximum atomic E-state index is 5.95. The van der Waals surface area contributed by atoms with E-state index in [1.807, 2.05) is 26.0 Å². The van der Waals surface area contributed by atoms with Gasteiger partial charge in [-0.15, -0.1) is 0 Å². The summed E-state index contributed by atoms with van der Waals surface area (Å²) < 4.78 is 11.3. The normalized spacial score (nSPS) is 17.2. The van der Waals surface area contributed by atoms with Crippen LogP contribution in [0.15, 0.2) is 16.7 Å². The lowest BCUT2D eigenvalue weighted by atomic mass is 9.99. The highest BCUT2D eigenvalue weighted by Gasteiger charge is 2.15. The van der Waals surface area contributed by atoms with Crippen LogP contribution in [0.3, 0.4) is 0 Å². The number of hydrogen-bond acceptors (Lipinski definition) is 4. The van der Waals surface area contributed by atoms with Gasteiger partial charge in [-0.3, -0.25) is 0 Å². The molecule has 0 radical (unpaired) electrons. The molecular formula is C18H26N2O2. The standard InChI is InChI=1S/C18H26N2O2/c1-13-7-10-20(11-8-13)9-4-12-21-17-6-5-16-15(3)19-22-18(16)14(17)2/h5-6,13H,4,7-12H2,1-3H3. The van der Waals surface area contributed by atoms with Gasteiger partial charge in [-0.1, -0.05) is 12.1 Å². The van der Waals surface area contributed by atoms with Crippen LogP contribution in [0.25, 0.3) is 11.0 Å². The van der Waals surface area contributed by atoms with E-state index in [0.29, 0.717) is 0 Å². The summed E-state index contributed by atoms with van der Waals surface area (Å²) in [5.41, 5.74) is 2.83. The molecule has 1 aliphatic rings. The van der Waals surface area contributed by atoms with Crippen molar-refractivity contribution in [3.63, 3.8) is 0 Å². The van der Waals surface area contributed by atoms with Crippen molar-refractivity contribution in [3.8, 4) is 5.75 Å². The second kappa shape index (κ2) is 6.69. The van der Waals surface area contributed by atoms with Crippen LogP contribution in [0.2, 0.25) is 0 Å². The molecule has 0 unspecified atom stereocenters. The second-order valence-corrected chi connectivity index (χ2v) is 6.56. The number of rotatable bonds is 5. The Hall–Kier alpha value is -1.55. The van der Waals surface area contributed by atoms with E-state index in [1.54, 1.807) is 0 Å². The average Bonchev–Trinajstić information content (AvgIpc) is 2.90. The molecule has 2 aromatic rings. The molecule has 22 heavy (non-hydrogen) atoms.